The van der Waals surface area contributed by atoms with Crippen molar-refractivity contribution in [1.29, 1.82) is 0 Å². The maximum absolute atomic E-state index is 11.5. The number of rotatable bonds is 11. The van der Waals surface area contributed by atoms with Crippen molar-refractivity contribution in [3.05, 3.63) is 35.9 Å². The van der Waals surface area contributed by atoms with Gasteiger partial charge in [0.25, 0.3) is 0 Å². The van der Waals surface area contributed by atoms with Crippen LogP contribution in [0.25, 0.3) is 0 Å². The van der Waals surface area contributed by atoms with Gasteiger partial charge < -0.3 is 5.11 Å². The predicted molar refractivity (Wildman–Crippen MR) is 88.8 cm³/mol. The number of hydrogen-bond donors (Lipinski definition) is 1. The van der Waals surface area contributed by atoms with Crippen LogP contribution in [0.15, 0.2) is 30.3 Å². The van der Waals surface area contributed by atoms with Gasteiger partial charge in [-0.15, -0.1) is 11.6 Å². The Balaban J connectivity index is 2.34. The number of benzene rings is 1. The van der Waals surface area contributed by atoms with Gasteiger partial charge in [-0.2, -0.15) is 0 Å². The minimum absolute atomic E-state index is 0.489. The topological polar surface area (TPSA) is 37.3 Å². The molecule has 0 aliphatic rings. The summed E-state index contributed by atoms with van der Waals surface area (Å²) < 4.78 is 0. The largest absolute Gasteiger partial charge is 0.480 e. The highest BCUT2D eigenvalue weighted by molar-refractivity contribution is 6.33. The first-order valence-electron chi connectivity index (χ1n) is 8.09. The number of halogens is 1. The fourth-order valence-corrected chi connectivity index (χ4v) is 2.84. The van der Waals surface area contributed by atoms with Crippen LogP contribution in [-0.2, 0) is 9.67 Å². The van der Waals surface area contributed by atoms with E-state index < -0.39 is 10.8 Å². The normalized spacial score (nSPS) is 13.8. The Hall–Kier alpha value is -1.02. The quantitative estimate of drug-likeness (QED) is 0.418. The van der Waals surface area contributed by atoms with Gasteiger partial charge in [0.05, 0.1) is 0 Å². The van der Waals surface area contributed by atoms with Gasteiger partial charge in [0, 0.05) is 0 Å². The van der Waals surface area contributed by atoms with Gasteiger partial charge in [0.2, 0.25) is 0 Å². The molecule has 118 valence electrons. The Kier molecular flexibility index (Phi) is 8.44. The van der Waals surface area contributed by atoms with Crippen molar-refractivity contribution in [2.75, 3.05) is 0 Å². The van der Waals surface area contributed by atoms with Crippen molar-refractivity contribution in [1.82, 2.24) is 0 Å². The second-order valence-electron chi connectivity index (χ2n) is 5.70. The number of alkyl halides is 1. The van der Waals surface area contributed by atoms with Gasteiger partial charge >= 0.3 is 5.97 Å². The number of unbranched alkanes of at least 4 members (excludes halogenated alkanes) is 7. The van der Waals surface area contributed by atoms with Crippen molar-refractivity contribution in [3.8, 4) is 0 Å². The molecule has 0 aliphatic carbocycles. The van der Waals surface area contributed by atoms with Gasteiger partial charge in [-0.05, 0) is 12.0 Å². The fourth-order valence-electron chi connectivity index (χ4n) is 2.58. The minimum Gasteiger partial charge on any atom is -0.480 e. The van der Waals surface area contributed by atoms with Gasteiger partial charge in [-0.3, -0.25) is 0 Å². The molecule has 1 atom stereocenters. The molecule has 0 aliphatic heterocycles. The molecule has 0 fully saturated rings. The zero-order valence-electron chi connectivity index (χ0n) is 13.0. The fraction of sp³-hybridized carbons (Fsp3) is 0.611. The van der Waals surface area contributed by atoms with Crippen LogP contribution in [0.3, 0.4) is 0 Å². The van der Waals surface area contributed by atoms with Crippen LogP contribution in [0.4, 0.5) is 0 Å². The number of aliphatic carboxylic acids is 1. The molecule has 0 saturated carbocycles. The summed E-state index contributed by atoms with van der Waals surface area (Å²) in [6, 6.07) is 9.14. The van der Waals surface area contributed by atoms with Crippen LogP contribution in [0.1, 0.15) is 70.3 Å². The lowest BCUT2D eigenvalue weighted by Gasteiger charge is -2.22. The summed E-state index contributed by atoms with van der Waals surface area (Å²) in [6.45, 7) is 2.22. The van der Waals surface area contributed by atoms with Crippen LogP contribution in [-0.4, -0.2) is 11.1 Å². The molecule has 0 bridgehead atoms. The standard InChI is InChI=1S/C18H27ClO2/c1-2-3-4-5-6-7-8-12-15-18(19,17(20)21)16-13-10-9-11-14-16/h9-11,13-14H,2-8,12,15H2,1H3,(H,20,21). The first-order valence-corrected chi connectivity index (χ1v) is 8.47. The van der Waals surface area contributed by atoms with Gasteiger partial charge in [-0.1, -0.05) is 88.6 Å². The first kappa shape index (κ1) is 18.0. The molecule has 1 rings (SSSR count). The smallest absolute Gasteiger partial charge is 0.329 e. The van der Waals surface area contributed by atoms with Crippen molar-refractivity contribution in [3.63, 3.8) is 0 Å². The summed E-state index contributed by atoms with van der Waals surface area (Å²) >= 11 is 6.38. The molecule has 1 aromatic carbocycles. The molecule has 21 heavy (non-hydrogen) atoms. The van der Waals surface area contributed by atoms with E-state index in [4.69, 9.17) is 11.6 Å². The van der Waals surface area contributed by atoms with Crippen molar-refractivity contribution in [2.24, 2.45) is 0 Å². The maximum Gasteiger partial charge on any atom is 0.329 e. The zero-order chi connectivity index (χ0) is 15.6. The molecule has 0 spiro atoms. The third-order valence-corrected chi connectivity index (χ3v) is 4.51. The summed E-state index contributed by atoms with van der Waals surface area (Å²) in [5.74, 6) is -0.946. The predicted octanol–water partition coefficient (Wildman–Crippen LogP) is 5.74. The van der Waals surface area contributed by atoms with E-state index in [1.54, 1.807) is 12.1 Å². The summed E-state index contributed by atoms with van der Waals surface area (Å²) in [7, 11) is 0. The van der Waals surface area contributed by atoms with E-state index in [2.05, 4.69) is 6.92 Å². The van der Waals surface area contributed by atoms with E-state index in [0.717, 1.165) is 12.8 Å². The molecule has 2 nitrogen and oxygen atoms in total. The van der Waals surface area contributed by atoms with E-state index in [0.29, 0.717) is 12.0 Å². The molecular formula is C18H27ClO2. The molecule has 0 aromatic heterocycles. The average molecular weight is 311 g/mol. The maximum atomic E-state index is 11.5. The van der Waals surface area contributed by atoms with Crippen molar-refractivity contribution in [2.45, 2.75) is 69.6 Å². The third-order valence-electron chi connectivity index (χ3n) is 3.95. The number of carboxylic acid groups (broad SMARTS) is 1. The second kappa shape index (κ2) is 9.83. The number of carboxylic acids is 1. The molecule has 3 heteroatoms. The molecule has 1 N–H and O–H groups in total. The van der Waals surface area contributed by atoms with Crippen LogP contribution < -0.4 is 0 Å². The second-order valence-corrected chi connectivity index (χ2v) is 6.34. The van der Waals surface area contributed by atoms with Crippen LogP contribution in [0.5, 0.6) is 0 Å². The Morgan fingerprint density at radius 1 is 1.00 bits per heavy atom. The van der Waals surface area contributed by atoms with Crippen LogP contribution in [0.2, 0.25) is 0 Å². The number of carbonyl (C=O) groups is 1. The molecule has 0 amide bonds. The van der Waals surface area contributed by atoms with E-state index >= 15 is 0 Å². The number of hydrogen-bond acceptors (Lipinski definition) is 1. The summed E-state index contributed by atoms with van der Waals surface area (Å²) in [4.78, 5) is 10.3. The molecule has 1 unspecified atom stereocenters. The highest BCUT2D eigenvalue weighted by atomic mass is 35.5. The van der Waals surface area contributed by atoms with Crippen LogP contribution in [0, 0.1) is 0 Å². The molecular weight excluding hydrogens is 284 g/mol. The highest BCUT2D eigenvalue weighted by Gasteiger charge is 2.37. The van der Waals surface area contributed by atoms with Gasteiger partial charge in [-0.25, -0.2) is 4.79 Å². The minimum atomic E-state index is -1.27. The molecule has 1 aromatic rings. The Labute approximate surface area is 133 Å². The van der Waals surface area contributed by atoms with Crippen molar-refractivity contribution >= 4 is 17.6 Å². The van der Waals surface area contributed by atoms with Gasteiger partial charge in [0.1, 0.15) is 0 Å². The third kappa shape index (κ3) is 6.09. The van der Waals surface area contributed by atoms with Crippen molar-refractivity contribution < 1.29 is 9.90 Å². The molecule has 0 radical (unpaired) electrons. The lowest BCUT2D eigenvalue weighted by atomic mass is 9.92. The highest BCUT2D eigenvalue weighted by Crippen LogP contribution is 2.35. The summed E-state index contributed by atoms with van der Waals surface area (Å²) in [6.07, 6.45) is 10.0. The Morgan fingerprint density at radius 2 is 1.52 bits per heavy atom. The summed E-state index contributed by atoms with van der Waals surface area (Å²) in [5, 5.41) is 9.45. The lowest BCUT2D eigenvalue weighted by Crippen LogP contribution is -2.29. The Morgan fingerprint density at radius 3 is 2.05 bits per heavy atom. The Bertz CT molecular complexity index is 405. The lowest BCUT2D eigenvalue weighted by molar-refractivity contribution is -0.140. The molecule has 0 saturated heterocycles. The SMILES string of the molecule is CCCCCCCCCCC(Cl)(C(=O)O)c1ccccc1. The summed E-state index contributed by atoms with van der Waals surface area (Å²) in [5.41, 5.74) is 0.683. The van der Waals surface area contributed by atoms with Crippen LogP contribution >= 0.6 is 11.6 Å². The van der Waals surface area contributed by atoms with E-state index in [9.17, 15) is 9.90 Å². The van der Waals surface area contributed by atoms with E-state index in [1.807, 2.05) is 18.2 Å². The zero-order valence-corrected chi connectivity index (χ0v) is 13.7. The van der Waals surface area contributed by atoms with Gasteiger partial charge in [0.15, 0.2) is 4.87 Å². The molecule has 0 heterocycles. The first-order chi connectivity index (χ1) is 10.1. The van der Waals surface area contributed by atoms with E-state index in [1.165, 1.54) is 38.5 Å². The van der Waals surface area contributed by atoms with E-state index in [-0.39, 0.29) is 0 Å². The average Bonchev–Trinajstić information content (AvgIpc) is 2.50. The monoisotopic (exact) mass is 310 g/mol.